The minimum atomic E-state index is -0.185. The van der Waals surface area contributed by atoms with E-state index in [9.17, 15) is 4.79 Å². The minimum absolute atomic E-state index is 0.185. The van der Waals surface area contributed by atoms with E-state index in [0.717, 1.165) is 5.56 Å². The van der Waals surface area contributed by atoms with Crippen molar-refractivity contribution in [2.75, 3.05) is 5.73 Å². The molecule has 0 atom stereocenters. The largest absolute Gasteiger partial charge is 0.394 e. The summed E-state index contributed by atoms with van der Waals surface area (Å²) < 4.78 is 1.78. The van der Waals surface area contributed by atoms with Gasteiger partial charge in [0.1, 0.15) is 0 Å². The molecule has 2 aromatic rings. The van der Waals surface area contributed by atoms with Gasteiger partial charge in [-0.15, -0.1) is 0 Å². The fourth-order valence-corrected chi connectivity index (χ4v) is 1.61. The zero-order valence-corrected chi connectivity index (χ0v) is 9.13. The third-order valence-electron chi connectivity index (χ3n) is 2.50. The number of pyridine rings is 1. The molecule has 0 radical (unpaired) electrons. The van der Waals surface area contributed by atoms with Gasteiger partial charge in [0.15, 0.2) is 0 Å². The van der Waals surface area contributed by atoms with E-state index in [2.05, 4.69) is 6.07 Å². The van der Waals surface area contributed by atoms with Gasteiger partial charge in [-0.05, 0) is 11.6 Å². The third-order valence-corrected chi connectivity index (χ3v) is 2.50. The first-order chi connectivity index (χ1) is 8.20. The molecule has 17 heavy (non-hydrogen) atoms. The lowest BCUT2D eigenvalue weighted by molar-refractivity contribution is 0.789. The summed E-state index contributed by atoms with van der Waals surface area (Å²) in [6.45, 7) is 0.522. The third kappa shape index (κ3) is 2.34. The molecule has 84 valence electrons. The standard InChI is InChI=1S/C13H11N3O/c14-7-10-3-1-2-4-11(10)8-16-6-5-13(17)12(15)9-16/h1-6,9H,8,15H2. The van der Waals surface area contributed by atoms with Gasteiger partial charge in [-0.2, -0.15) is 5.26 Å². The van der Waals surface area contributed by atoms with Crippen LogP contribution in [0.5, 0.6) is 0 Å². The molecule has 0 aliphatic rings. The Balaban J connectivity index is 2.35. The predicted molar refractivity (Wildman–Crippen MR) is 65.4 cm³/mol. The number of hydrogen-bond acceptors (Lipinski definition) is 3. The van der Waals surface area contributed by atoms with Crippen molar-refractivity contribution in [2.45, 2.75) is 6.54 Å². The molecule has 0 aliphatic carbocycles. The summed E-state index contributed by atoms with van der Waals surface area (Å²) in [5.41, 5.74) is 7.10. The number of nitrogens with two attached hydrogens (primary N) is 1. The highest BCUT2D eigenvalue weighted by molar-refractivity contribution is 5.38. The maximum Gasteiger partial charge on any atom is 0.204 e. The highest BCUT2D eigenvalue weighted by Crippen LogP contribution is 2.09. The van der Waals surface area contributed by atoms with Crippen LogP contribution in [-0.2, 0) is 6.54 Å². The van der Waals surface area contributed by atoms with E-state index >= 15 is 0 Å². The molecule has 0 saturated heterocycles. The molecule has 0 fully saturated rings. The van der Waals surface area contributed by atoms with Crippen molar-refractivity contribution < 1.29 is 0 Å². The number of hydrogen-bond donors (Lipinski definition) is 1. The average Bonchev–Trinajstić information content (AvgIpc) is 2.34. The number of nitrogen functional groups attached to an aromatic ring is 1. The molecule has 4 heteroatoms. The van der Waals surface area contributed by atoms with Gasteiger partial charge in [-0.3, -0.25) is 4.79 Å². The Morgan fingerprint density at radius 1 is 1.29 bits per heavy atom. The number of anilines is 1. The molecule has 1 aromatic heterocycles. The number of nitriles is 1. The summed E-state index contributed by atoms with van der Waals surface area (Å²) in [5.74, 6) is 0. The van der Waals surface area contributed by atoms with E-state index in [-0.39, 0.29) is 11.1 Å². The average molecular weight is 225 g/mol. The molecule has 0 aliphatic heterocycles. The molecule has 1 heterocycles. The monoisotopic (exact) mass is 225 g/mol. The van der Waals surface area contributed by atoms with Gasteiger partial charge in [-0.1, -0.05) is 18.2 Å². The quantitative estimate of drug-likeness (QED) is 0.838. The van der Waals surface area contributed by atoms with Crippen molar-refractivity contribution in [3.63, 3.8) is 0 Å². The lowest BCUT2D eigenvalue weighted by Gasteiger charge is -2.08. The van der Waals surface area contributed by atoms with Gasteiger partial charge in [-0.25, -0.2) is 0 Å². The lowest BCUT2D eigenvalue weighted by atomic mass is 10.1. The fourth-order valence-electron chi connectivity index (χ4n) is 1.61. The van der Waals surface area contributed by atoms with E-state index in [1.807, 2.05) is 18.2 Å². The summed E-state index contributed by atoms with van der Waals surface area (Å²) in [5, 5.41) is 8.96. The molecule has 0 amide bonds. The van der Waals surface area contributed by atoms with Crippen molar-refractivity contribution in [3.8, 4) is 6.07 Å². The second-order valence-corrected chi connectivity index (χ2v) is 3.71. The van der Waals surface area contributed by atoms with Crippen LogP contribution in [0.15, 0.2) is 47.5 Å². The molecule has 0 spiro atoms. The molecular weight excluding hydrogens is 214 g/mol. The van der Waals surface area contributed by atoms with Crippen LogP contribution >= 0.6 is 0 Å². The normalized spacial score (nSPS) is 9.82. The smallest absolute Gasteiger partial charge is 0.204 e. The summed E-state index contributed by atoms with van der Waals surface area (Å²) in [6, 6.07) is 10.9. The Morgan fingerprint density at radius 2 is 2.06 bits per heavy atom. The zero-order chi connectivity index (χ0) is 12.3. The molecule has 0 unspecified atom stereocenters. The SMILES string of the molecule is N#Cc1ccccc1Cn1ccc(=O)c(N)c1. The summed E-state index contributed by atoms with van der Waals surface area (Å²) in [7, 11) is 0. The Bertz CT molecular complexity index is 638. The maximum absolute atomic E-state index is 11.2. The molecule has 2 N–H and O–H groups in total. The van der Waals surface area contributed by atoms with Gasteiger partial charge >= 0.3 is 0 Å². The Hall–Kier alpha value is -2.54. The van der Waals surface area contributed by atoms with Gasteiger partial charge in [0.05, 0.1) is 17.3 Å². The second-order valence-electron chi connectivity index (χ2n) is 3.71. The Labute approximate surface area is 98.5 Å². The number of rotatable bonds is 2. The fraction of sp³-hybridized carbons (Fsp3) is 0.0769. The van der Waals surface area contributed by atoms with Gasteiger partial charge in [0, 0.05) is 25.0 Å². The highest BCUT2D eigenvalue weighted by atomic mass is 16.1. The van der Waals surface area contributed by atoms with Crippen LogP contribution in [0.4, 0.5) is 5.69 Å². The van der Waals surface area contributed by atoms with Crippen LogP contribution in [0.3, 0.4) is 0 Å². The molecule has 4 nitrogen and oxygen atoms in total. The molecule has 0 saturated carbocycles. The first-order valence-corrected chi connectivity index (χ1v) is 5.14. The van der Waals surface area contributed by atoms with Crippen molar-refractivity contribution >= 4 is 5.69 Å². The topological polar surface area (TPSA) is 71.8 Å². The first kappa shape index (κ1) is 11.0. The maximum atomic E-state index is 11.2. The number of aromatic nitrogens is 1. The van der Waals surface area contributed by atoms with Crippen LogP contribution in [0.1, 0.15) is 11.1 Å². The molecular formula is C13H11N3O. The molecule has 2 rings (SSSR count). The second kappa shape index (κ2) is 4.54. The van der Waals surface area contributed by atoms with E-state index in [4.69, 9.17) is 11.0 Å². The Kier molecular flexibility index (Phi) is 2.93. The van der Waals surface area contributed by atoms with Crippen molar-refractivity contribution in [1.82, 2.24) is 4.57 Å². The van der Waals surface area contributed by atoms with E-state index in [0.29, 0.717) is 12.1 Å². The minimum Gasteiger partial charge on any atom is -0.394 e. The van der Waals surface area contributed by atoms with Crippen molar-refractivity contribution in [1.29, 1.82) is 5.26 Å². The van der Waals surface area contributed by atoms with Crippen LogP contribution in [0.2, 0.25) is 0 Å². The summed E-state index contributed by atoms with van der Waals surface area (Å²) >= 11 is 0. The summed E-state index contributed by atoms with van der Waals surface area (Å²) in [4.78, 5) is 11.2. The zero-order valence-electron chi connectivity index (χ0n) is 9.13. The summed E-state index contributed by atoms with van der Waals surface area (Å²) in [6.07, 6.45) is 3.24. The van der Waals surface area contributed by atoms with Crippen molar-refractivity contribution in [2.24, 2.45) is 0 Å². The van der Waals surface area contributed by atoms with Gasteiger partial charge in [0.25, 0.3) is 0 Å². The highest BCUT2D eigenvalue weighted by Gasteiger charge is 2.01. The Morgan fingerprint density at radius 3 is 2.76 bits per heavy atom. The molecule has 0 bridgehead atoms. The van der Waals surface area contributed by atoms with Crippen LogP contribution in [0, 0.1) is 11.3 Å². The van der Waals surface area contributed by atoms with E-state index in [1.54, 1.807) is 23.0 Å². The lowest BCUT2D eigenvalue weighted by Crippen LogP contribution is -2.11. The van der Waals surface area contributed by atoms with Crippen molar-refractivity contribution in [3.05, 3.63) is 64.1 Å². The van der Waals surface area contributed by atoms with Gasteiger partial charge < -0.3 is 10.3 Å². The van der Waals surface area contributed by atoms with Crippen LogP contribution in [0.25, 0.3) is 0 Å². The van der Waals surface area contributed by atoms with Crippen LogP contribution < -0.4 is 11.2 Å². The number of nitrogens with zero attached hydrogens (tertiary/aromatic N) is 2. The molecule has 1 aromatic carbocycles. The first-order valence-electron chi connectivity index (χ1n) is 5.14. The van der Waals surface area contributed by atoms with Gasteiger partial charge in [0.2, 0.25) is 5.43 Å². The predicted octanol–water partition coefficient (Wildman–Crippen LogP) is 1.35. The van der Waals surface area contributed by atoms with Crippen LogP contribution in [-0.4, -0.2) is 4.57 Å². The van der Waals surface area contributed by atoms with E-state index < -0.39 is 0 Å². The van der Waals surface area contributed by atoms with E-state index in [1.165, 1.54) is 6.07 Å². The number of benzene rings is 1.